The number of fused-ring (bicyclic) bond motifs is 2. The lowest BCUT2D eigenvalue weighted by Crippen LogP contribution is -2.19. The second kappa shape index (κ2) is 4.20. The maximum absolute atomic E-state index is 6.31. The predicted octanol–water partition coefficient (Wildman–Crippen LogP) is 3.40. The van der Waals surface area contributed by atoms with Gasteiger partial charge in [-0.2, -0.15) is 0 Å². The minimum atomic E-state index is 0.843. The summed E-state index contributed by atoms with van der Waals surface area (Å²) in [5, 5.41) is 2.50. The summed E-state index contributed by atoms with van der Waals surface area (Å²) >= 11 is 0. The predicted molar refractivity (Wildman–Crippen MR) is 82.3 cm³/mol. The van der Waals surface area contributed by atoms with Gasteiger partial charge in [-0.25, -0.2) is 4.58 Å². The number of amidine groups is 1. The molecule has 0 fully saturated rings. The van der Waals surface area contributed by atoms with Crippen LogP contribution in [0.2, 0.25) is 0 Å². The number of nitrogens with zero attached hydrogens (tertiary/aromatic N) is 1. The Labute approximate surface area is 117 Å². The van der Waals surface area contributed by atoms with Crippen LogP contribution in [0, 0.1) is 0 Å². The summed E-state index contributed by atoms with van der Waals surface area (Å²) in [6.07, 6.45) is 0. The number of rotatable bonds is 1. The lowest BCUT2D eigenvalue weighted by atomic mass is 10.1. The van der Waals surface area contributed by atoms with Crippen LogP contribution in [0.1, 0.15) is 11.1 Å². The molecule has 3 aromatic rings. The zero-order valence-electron chi connectivity index (χ0n) is 11.1. The van der Waals surface area contributed by atoms with E-state index < -0.39 is 0 Å². The smallest absolute Gasteiger partial charge is 0.280 e. The molecule has 1 aliphatic heterocycles. The molecule has 0 bridgehead atoms. The highest BCUT2D eigenvalue weighted by Crippen LogP contribution is 2.26. The molecule has 20 heavy (non-hydrogen) atoms. The van der Waals surface area contributed by atoms with E-state index >= 15 is 0 Å². The molecule has 0 radical (unpaired) electrons. The second-order valence-electron chi connectivity index (χ2n) is 5.16. The van der Waals surface area contributed by atoms with Gasteiger partial charge in [0.15, 0.2) is 0 Å². The van der Waals surface area contributed by atoms with Crippen molar-refractivity contribution in [3.8, 4) is 0 Å². The number of nitrogens with two attached hydrogens (primary N) is 1. The molecule has 96 valence electrons. The summed E-state index contributed by atoms with van der Waals surface area (Å²) in [5.74, 6) is 0.843. The third kappa shape index (κ3) is 1.62. The molecule has 1 aliphatic rings. The fourth-order valence-electron chi connectivity index (χ4n) is 2.88. The van der Waals surface area contributed by atoms with E-state index in [9.17, 15) is 0 Å². The van der Waals surface area contributed by atoms with E-state index in [4.69, 9.17) is 5.73 Å². The van der Waals surface area contributed by atoms with Gasteiger partial charge < -0.3 is 0 Å². The Morgan fingerprint density at radius 1 is 0.800 bits per heavy atom. The highest BCUT2D eigenvalue weighted by atomic mass is 15.1. The van der Waals surface area contributed by atoms with E-state index in [0.717, 1.165) is 23.6 Å². The van der Waals surface area contributed by atoms with Crippen molar-refractivity contribution in [3.63, 3.8) is 0 Å². The van der Waals surface area contributed by atoms with Crippen molar-refractivity contribution in [2.45, 2.75) is 6.54 Å². The van der Waals surface area contributed by atoms with Gasteiger partial charge in [0.05, 0.1) is 5.56 Å². The van der Waals surface area contributed by atoms with Crippen molar-refractivity contribution in [1.29, 1.82) is 0 Å². The molecule has 2 nitrogen and oxygen atoms in total. The maximum atomic E-state index is 6.31. The van der Waals surface area contributed by atoms with Crippen molar-refractivity contribution >= 4 is 22.3 Å². The highest BCUT2D eigenvalue weighted by Gasteiger charge is 2.25. The minimum absolute atomic E-state index is 0.843. The molecular formula is C18H15N2+. The van der Waals surface area contributed by atoms with Gasteiger partial charge >= 0.3 is 0 Å². The number of hydrogen-bond donors (Lipinski definition) is 1. The van der Waals surface area contributed by atoms with Gasteiger partial charge in [0, 0.05) is 5.56 Å². The summed E-state index contributed by atoms with van der Waals surface area (Å²) in [5.41, 5.74) is 9.90. The minimum Gasteiger partial charge on any atom is -0.286 e. The lowest BCUT2D eigenvalue weighted by Gasteiger charge is -2.04. The Hall–Kier alpha value is -2.61. The SMILES string of the molecule is NC1=[N+](c2ccc3ccccc3c2)Cc2ccccc21. The van der Waals surface area contributed by atoms with Crippen LogP contribution in [0.5, 0.6) is 0 Å². The van der Waals surface area contributed by atoms with Crippen LogP contribution in [0.3, 0.4) is 0 Å². The van der Waals surface area contributed by atoms with E-state index in [-0.39, 0.29) is 0 Å². The van der Waals surface area contributed by atoms with Crippen molar-refractivity contribution in [1.82, 2.24) is 0 Å². The van der Waals surface area contributed by atoms with E-state index in [1.165, 1.54) is 16.3 Å². The molecule has 0 aromatic heterocycles. The van der Waals surface area contributed by atoms with Gasteiger partial charge in [-0.15, -0.1) is 0 Å². The molecule has 4 rings (SSSR count). The third-order valence-corrected chi connectivity index (χ3v) is 3.96. The van der Waals surface area contributed by atoms with Crippen LogP contribution in [0.15, 0.2) is 66.7 Å². The summed E-state index contributed by atoms with van der Waals surface area (Å²) in [6.45, 7) is 0.848. The normalized spacial score (nSPS) is 13.8. The van der Waals surface area contributed by atoms with Crippen LogP contribution in [-0.4, -0.2) is 10.4 Å². The Bertz CT molecular complexity index is 847. The topological polar surface area (TPSA) is 29.0 Å². The average Bonchev–Trinajstić information content (AvgIpc) is 2.84. The summed E-state index contributed by atoms with van der Waals surface area (Å²) in [4.78, 5) is 0. The molecule has 1 heterocycles. The molecular weight excluding hydrogens is 244 g/mol. The van der Waals surface area contributed by atoms with Gasteiger partial charge in [-0.05, 0) is 29.0 Å². The third-order valence-electron chi connectivity index (χ3n) is 3.96. The molecule has 0 amide bonds. The molecule has 0 unspecified atom stereocenters. The molecule has 3 aromatic carbocycles. The van der Waals surface area contributed by atoms with Crippen molar-refractivity contribution < 1.29 is 4.58 Å². The van der Waals surface area contributed by atoms with Crippen LogP contribution in [0.4, 0.5) is 5.69 Å². The Kier molecular flexibility index (Phi) is 2.36. The largest absolute Gasteiger partial charge is 0.286 e. The summed E-state index contributed by atoms with van der Waals surface area (Å²) in [7, 11) is 0. The number of benzene rings is 3. The van der Waals surface area contributed by atoms with Gasteiger partial charge in [0.25, 0.3) is 5.84 Å². The maximum Gasteiger partial charge on any atom is 0.280 e. The van der Waals surface area contributed by atoms with E-state index in [1.54, 1.807) is 0 Å². The van der Waals surface area contributed by atoms with Gasteiger partial charge in [0.1, 0.15) is 12.2 Å². The first-order valence-corrected chi connectivity index (χ1v) is 6.80. The van der Waals surface area contributed by atoms with E-state index in [1.807, 2.05) is 6.07 Å². The fraction of sp³-hybridized carbons (Fsp3) is 0.0556. The van der Waals surface area contributed by atoms with Crippen molar-refractivity contribution in [2.24, 2.45) is 5.73 Å². The summed E-state index contributed by atoms with van der Waals surface area (Å²) < 4.78 is 2.18. The van der Waals surface area contributed by atoms with Crippen LogP contribution in [-0.2, 0) is 6.54 Å². The van der Waals surface area contributed by atoms with Gasteiger partial charge in [-0.1, -0.05) is 48.5 Å². The molecule has 0 saturated heterocycles. The standard InChI is InChI=1S/C18H14N2/c19-18-17-8-4-3-7-15(17)12-20(18)16-10-9-13-5-1-2-6-14(13)11-16/h1-11,19H,12H2/p+1. The molecule has 0 saturated carbocycles. The quantitative estimate of drug-likeness (QED) is 0.667. The van der Waals surface area contributed by atoms with Crippen LogP contribution < -0.4 is 5.73 Å². The molecule has 0 spiro atoms. The fourth-order valence-corrected chi connectivity index (χ4v) is 2.88. The van der Waals surface area contributed by atoms with Gasteiger partial charge in [-0.3, -0.25) is 5.73 Å². The molecule has 2 heteroatoms. The number of hydrogen-bond acceptors (Lipinski definition) is 1. The van der Waals surface area contributed by atoms with Crippen molar-refractivity contribution in [2.75, 3.05) is 0 Å². The Balaban J connectivity index is 1.87. The highest BCUT2D eigenvalue weighted by molar-refractivity contribution is 5.97. The monoisotopic (exact) mass is 259 g/mol. The Morgan fingerprint density at radius 2 is 1.55 bits per heavy atom. The average molecular weight is 259 g/mol. The first-order chi connectivity index (χ1) is 9.83. The van der Waals surface area contributed by atoms with Gasteiger partial charge in [0.2, 0.25) is 0 Å². The molecule has 2 N–H and O–H groups in total. The second-order valence-corrected chi connectivity index (χ2v) is 5.16. The lowest BCUT2D eigenvalue weighted by molar-refractivity contribution is -0.453. The molecule has 0 atom stereocenters. The Morgan fingerprint density at radius 3 is 2.40 bits per heavy atom. The summed E-state index contributed by atoms with van der Waals surface area (Å²) in [6, 6.07) is 23.2. The zero-order valence-corrected chi connectivity index (χ0v) is 11.1. The van der Waals surface area contributed by atoms with Crippen molar-refractivity contribution in [3.05, 3.63) is 77.9 Å². The van der Waals surface area contributed by atoms with E-state index in [0.29, 0.717) is 0 Å². The van der Waals surface area contributed by atoms with Crippen LogP contribution >= 0.6 is 0 Å². The first-order valence-electron chi connectivity index (χ1n) is 6.80. The molecule has 0 aliphatic carbocycles. The zero-order chi connectivity index (χ0) is 13.5. The van der Waals surface area contributed by atoms with E-state index in [2.05, 4.69) is 65.2 Å². The first kappa shape index (κ1) is 11.2. The van der Waals surface area contributed by atoms with Crippen LogP contribution in [0.25, 0.3) is 10.8 Å².